The fourth-order valence-electron chi connectivity index (χ4n) is 1.29. The summed E-state index contributed by atoms with van der Waals surface area (Å²) in [6, 6.07) is 5.15. The second-order valence-electron chi connectivity index (χ2n) is 2.90. The number of benzene rings is 1. The van der Waals surface area contributed by atoms with Gasteiger partial charge in [-0.25, -0.2) is 4.68 Å². The van der Waals surface area contributed by atoms with E-state index in [9.17, 15) is 4.79 Å². The van der Waals surface area contributed by atoms with E-state index in [-0.39, 0.29) is 0 Å². The summed E-state index contributed by atoms with van der Waals surface area (Å²) >= 11 is 9.30. The van der Waals surface area contributed by atoms with Crippen molar-refractivity contribution in [2.24, 2.45) is 0 Å². The standard InChI is InChI=1S/C10H6BrClN2O/c11-8-4-13-14(5-8)10-7(6-15)2-1-3-9(10)12/h1-6H. The molecule has 2 rings (SSSR count). The molecular formula is C10H6BrClN2O. The first kappa shape index (κ1) is 10.4. The minimum Gasteiger partial charge on any atom is -0.298 e. The molecule has 0 radical (unpaired) electrons. The van der Waals surface area contributed by atoms with Crippen LogP contribution in [0.2, 0.25) is 5.02 Å². The molecule has 15 heavy (non-hydrogen) atoms. The maximum Gasteiger partial charge on any atom is 0.152 e. The van der Waals surface area contributed by atoms with Gasteiger partial charge in [-0.2, -0.15) is 5.10 Å². The van der Waals surface area contributed by atoms with Crippen molar-refractivity contribution in [1.29, 1.82) is 0 Å². The van der Waals surface area contributed by atoms with Gasteiger partial charge in [0.1, 0.15) is 0 Å². The van der Waals surface area contributed by atoms with Crippen LogP contribution in [0.4, 0.5) is 0 Å². The van der Waals surface area contributed by atoms with Crippen molar-refractivity contribution in [1.82, 2.24) is 9.78 Å². The number of carbonyl (C=O) groups is 1. The zero-order valence-electron chi connectivity index (χ0n) is 7.52. The third-order valence-electron chi connectivity index (χ3n) is 1.93. The van der Waals surface area contributed by atoms with Gasteiger partial charge in [-0.15, -0.1) is 0 Å². The van der Waals surface area contributed by atoms with Crippen molar-refractivity contribution in [3.05, 3.63) is 45.7 Å². The molecule has 3 nitrogen and oxygen atoms in total. The summed E-state index contributed by atoms with van der Waals surface area (Å²) < 4.78 is 2.40. The second kappa shape index (κ2) is 4.16. The molecular weight excluding hydrogens is 279 g/mol. The maximum atomic E-state index is 10.8. The molecule has 0 amide bonds. The van der Waals surface area contributed by atoms with Crippen LogP contribution in [0.15, 0.2) is 35.1 Å². The molecule has 0 saturated carbocycles. The normalized spacial score (nSPS) is 10.3. The van der Waals surface area contributed by atoms with E-state index >= 15 is 0 Å². The summed E-state index contributed by atoms with van der Waals surface area (Å²) in [5.41, 5.74) is 1.11. The summed E-state index contributed by atoms with van der Waals surface area (Å²) in [7, 11) is 0. The van der Waals surface area contributed by atoms with E-state index in [4.69, 9.17) is 11.6 Å². The van der Waals surface area contributed by atoms with Crippen molar-refractivity contribution < 1.29 is 4.79 Å². The van der Waals surface area contributed by atoms with Gasteiger partial charge in [0, 0.05) is 11.8 Å². The number of hydrogen-bond donors (Lipinski definition) is 0. The second-order valence-corrected chi connectivity index (χ2v) is 4.22. The summed E-state index contributed by atoms with van der Waals surface area (Å²) in [6.07, 6.45) is 4.14. The van der Waals surface area contributed by atoms with Gasteiger partial charge in [-0.1, -0.05) is 17.7 Å². The van der Waals surface area contributed by atoms with E-state index in [1.54, 1.807) is 35.3 Å². The first-order valence-electron chi connectivity index (χ1n) is 4.16. The highest BCUT2D eigenvalue weighted by atomic mass is 79.9. The van der Waals surface area contributed by atoms with Crippen molar-refractivity contribution in [2.75, 3.05) is 0 Å². The fraction of sp³-hybridized carbons (Fsp3) is 0. The molecule has 0 fully saturated rings. The predicted octanol–water partition coefficient (Wildman–Crippen LogP) is 3.10. The Balaban J connectivity index is 2.65. The van der Waals surface area contributed by atoms with Gasteiger partial charge in [0.15, 0.2) is 6.29 Å². The molecule has 0 spiro atoms. The summed E-state index contributed by atoms with van der Waals surface area (Å²) in [6.45, 7) is 0. The summed E-state index contributed by atoms with van der Waals surface area (Å²) in [5.74, 6) is 0. The van der Waals surface area contributed by atoms with Crippen molar-refractivity contribution in [3.63, 3.8) is 0 Å². The van der Waals surface area contributed by atoms with E-state index < -0.39 is 0 Å². The van der Waals surface area contributed by atoms with Gasteiger partial charge in [-0.3, -0.25) is 4.79 Å². The molecule has 1 aromatic heterocycles. The number of hydrogen-bond acceptors (Lipinski definition) is 2. The predicted molar refractivity (Wildman–Crippen MR) is 61.7 cm³/mol. The Kier molecular flexibility index (Phi) is 2.88. The van der Waals surface area contributed by atoms with Crippen LogP contribution in [0.1, 0.15) is 10.4 Å². The highest BCUT2D eigenvalue weighted by molar-refractivity contribution is 9.10. The lowest BCUT2D eigenvalue weighted by Gasteiger charge is -2.06. The van der Waals surface area contributed by atoms with Crippen molar-refractivity contribution in [3.8, 4) is 5.69 Å². The Hall–Kier alpha value is -1.13. The molecule has 0 aliphatic rings. The van der Waals surface area contributed by atoms with Gasteiger partial charge < -0.3 is 0 Å². The molecule has 5 heteroatoms. The van der Waals surface area contributed by atoms with Gasteiger partial charge in [0.2, 0.25) is 0 Å². The molecule has 0 bridgehead atoms. The van der Waals surface area contributed by atoms with Crippen LogP contribution in [0.3, 0.4) is 0 Å². The number of halogens is 2. The smallest absolute Gasteiger partial charge is 0.152 e. The Bertz CT molecular complexity index is 510. The van der Waals surface area contributed by atoms with Crippen LogP contribution in [0.25, 0.3) is 5.69 Å². The first-order chi connectivity index (χ1) is 7.22. The number of carbonyl (C=O) groups excluding carboxylic acids is 1. The lowest BCUT2D eigenvalue weighted by atomic mass is 10.2. The number of aromatic nitrogens is 2. The zero-order chi connectivity index (χ0) is 10.8. The van der Waals surface area contributed by atoms with Crippen molar-refractivity contribution >= 4 is 33.8 Å². The average Bonchev–Trinajstić information content (AvgIpc) is 2.64. The number of rotatable bonds is 2. The van der Waals surface area contributed by atoms with Crippen LogP contribution in [-0.4, -0.2) is 16.1 Å². The molecule has 76 valence electrons. The lowest BCUT2D eigenvalue weighted by Crippen LogP contribution is -2.00. The number of aldehydes is 1. The zero-order valence-corrected chi connectivity index (χ0v) is 9.86. The molecule has 1 aromatic carbocycles. The molecule has 0 unspecified atom stereocenters. The minimum atomic E-state index is 0.496. The molecule has 2 aromatic rings. The van der Waals surface area contributed by atoms with Gasteiger partial charge >= 0.3 is 0 Å². The van der Waals surface area contributed by atoms with E-state index in [0.29, 0.717) is 16.3 Å². The van der Waals surface area contributed by atoms with E-state index in [0.717, 1.165) is 10.8 Å². The van der Waals surface area contributed by atoms with Crippen molar-refractivity contribution in [2.45, 2.75) is 0 Å². The minimum absolute atomic E-state index is 0.496. The molecule has 1 heterocycles. The molecule has 0 atom stereocenters. The lowest BCUT2D eigenvalue weighted by molar-refractivity contribution is 0.112. The van der Waals surface area contributed by atoms with Crippen LogP contribution in [-0.2, 0) is 0 Å². The Labute approximate surface area is 99.8 Å². The van der Waals surface area contributed by atoms with Gasteiger partial charge in [0.25, 0.3) is 0 Å². The van der Waals surface area contributed by atoms with Crippen LogP contribution in [0, 0.1) is 0 Å². The van der Waals surface area contributed by atoms with Crippen LogP contribution < -0.4 is 0 Å². The third-order valence-corrected chi connectivity index (χ3v) is 2.64. The highest BCUT2D eigenvalue weighted by Gasteiger charge is 2.09. The first-order valence-corrected chi connectivity index (χ1v) is 5.33. The molecule has 0 saturated heterocycles. The Morgan fingerprint density at radius 1 is 1.47 bits per heavy atom. The molecule has 0 aliphatic heterocycles. The van der Waals surface area contributed by atoms with E-state index in [1.165, 1.54) is 0 Å². The van der Waals surface area contributed by atoms with Gasteiger partial charge in [-0.05, 0) is 28.1 Å². The third kappa shape index (κ3) is 1.96. The summed E-state index contributed by atoms with van der Waals surface area (Å²) in [5, 5.41) is 4.58. The Morgan fingerprint density at radius 3 is 2.87 bits per heavy atom. The topological polar surface area (TPSA) is 34.9 Å². The average molecular weight is 286 g/mol. The summed E-state index contributed by atoms with van der Waals surface area (Å²) in [4.78, 5) is 10.8. The maximum absolute atomic E-state index is 10.8. The highest BCUT2D eigenvalue weighted by Crippen LogP contribution is 2.23. The Morgan fingerprint density at radius 2 is 2.27 bits per heavy atom. The SMILES string of the molecule is O=Cc1cccc(Cl)c1-n1cc(Br)cn1. The van der Waals surface area contributed by atoms with Crippen LogP contribution in [0.5, 0.6) is 0 Å². The van der Waals surface area contributed by atoms with E-state index in [1.807, 2.05) is 0 Å². The van der Waals surface area contributed by atoms with Gasteiger partial charge in [0.05, 0.1) is 21.4 Å². The molecule has 0 N–H and O–H groups in total. The van der Waals surface area contributed by atoms with Crippen LogP contribution >= 0.6 is 27.5 Å². The number of nitrogens with zero attached hydrogens (tertiary/aromatic N) is 2. The monoisotopic (exact) mass is 284 g/mol. The number of para-hydroxylation sites is 1. The van der Waals surface area contributed by atoms with E-state index in [2.05, 4.69) is 21.0 Å². The molecule has 0 aliphatic carbocycles. The largest absolute Gasteiger partial charge is 0.298 e. The fourth-order valence-corrected chi connectivity index (χ4v) is 1.85. The quantitative estimate of drug-likeness (QED) is 0.795.